The zero-order chi connectivity index (χ0) is 17.6. The third kappa shape index (κ3) is 2.72. The maximum atomic E-state index is 12.3. The zero-order valence-electron chi connectivity index (χ0n) is 14.7. The molecule has 25 heavy (non-hydrogen) atoms. The van der Waals surface area contributed by atoms with Gasteiger partial charge in [0.05, 0.1) is 18.8 Å². The van der Waals surface area contributed by atoms with Gasteiger partial charge in [0.15, 0.2) is 0 Å². The van der Waals surface area contributed by atoms with Crippen LogP contribution in [-0.4, -0.2) is 33.7 Å². The van der Waals surface area contributed by atoms with Gasteiger partial charge in [0.25, 0.3) is 0 Å². The minimum atomic E-state index is -0.00872. The molecule has 4 rings (SSSR count). The molecular formula is C19H22N4O2. The van der Waals surface area contributed by atoms with Crippen molar-refractivity contribution in [2.24, 2.45) is 7.05 Å². The van der Waals surface area contributed by atoms with Gasteiger partial charge < -0.3 is 14.6 Å². The largest absolute Gasteiger partial charge is 0.460 e. The topological polar surface area (TPSA) is 63.3 Å². The molecule has 0 aliphatic carbocycles. The smallest absolute Gasteiger partial charge is 0.224 e. The first-order valence-electron chi connectivity index (χ1n) is 8.49. The third-order valence-corrected chi connectivity index (χ3v) is 5.19. The number of para-hydroxylation sites is 1. The van der Waals surface area contributed by atoms with Gasteiger partial charge in [-0.05, 0) is 19.1 Å². The number of hydrogen-bond acceptors (Lipinski definition) is 4. The van der Waals surface area contributed by atoms with Crippen molar-refractivity contribution in [2.75, 3.05) is 7.05 Å². The minimum Gasteiger partial charge on any atom is -0.460 e. The van der Waals surface area contributed by atoms with E-state index in [1.165, 1.54) is 0 Å². The average Bonchev–Trinajstić information content (AvgIpc) is 3.24. The molecule has 1 saturated heterocycles. The van der Waals surface area contributed by atoms with Crippen LogP contribution in [0, 0.1) is 6.92 Å². The number of aryl methyl sites for hydroxylation is 1. The number of hydrogen-bond donors (Lipinski definition) is 1. The van der Waals surface area contributed by atoms with Gasteiger partial charge in [0.1, 0.15) is 11.3 Å². The lowest BCUT2D eigenvalue weighted by molar-refractivity contribution is -0.127. The number of furan rings is 1. The number of likely N-dealkylation sites (N-methyl/N-ethyl adjacent to an activating group) is 1. The summed E-state index contributed by atoms with van der Waals surface area (Å²) in [4.78, 5) is 14.1. The number of carbonyl (C=O) groups is 1. The van der Waals surface area contributed by atoms with Gasteiger partial charge in [-0.2, -0.15) is 5.10 Å². The van der Waals surface area contributed by atoms with Crippen molar-refractivity contribution < 1.29 is 9.21 Å². The van der Waals surface area contributed by atoms with Gasteiger partial charge in [0.2, 0.25) is 5.91 Å². The Morgan fingerprint density at radius 3 is 2.84 bits per heavy atom. The van der Waals surface area contributed by atoms with Crippen molar-refractivity contribution in [1.82, 2.24) is 20.0 Å². The highest BCUT2D eigenvalue weighted by Crippen LogP contribution is 2.33. The first kappa shape index (κ1) is 15.9. The molecule has 1 N–H and O–H groups in total. The fraction of sp³-hybridized carbons (Fsp3) is 0.368. The summed E-state index contributed by atoms with van der Waals surface area (Å²) in [7, 11) is 3.79. The molecule has 3 aromatic rings. The second-order valence-corrected chi connectivity index (χ2v) is 6.70. The molecule has 1 aliphatic rings. The van der Waals surface area contributed by atoms with Crippen LogP contribution in [0.5, 0.6) is 0 Å². The summed E-state index contributed by atoms with van der Waals surface area (Å²) >= 11 is 0. The molecule has 0 saturated carbocycles. The molecule has 0 bridgehead atoms. The van der Waals surface area contributed by atoms with Crippen LogP contribution in [-0.2, 0) is 18.4 Å². The Morgan fingerprint density at radius 2 is 2.12 bits per heavy atom. The van der Waals surface area contributed by atoms with E-state index in [0.29, 0.717) is 13.0 Å². The van der Waals surface area contributed by atoms with Crippen molar-refractivity contribution >= 4 is 16.9 Å². The van der Waals surface area contributed by atoms with E-state index in [4.69, 9.17) is 4.42 Å². The first-order valence-corrected chi connectivity index (χ1v) is 8.49. The molecular weight excluding hydrogens is 316 g/mol. The Bertz CT molecular complexity index is 894. The van der Waals surface area contributed by atoms with Crippen LogP contribution in [0.2, 0.25) is 0 Å². The van der Waals surface area contributed by atoms with Gasteiger partial charge in [-0.3, -0.25) is 9.48 Å². The second kappa shape index (κ2) is 6.04. The van der Waals surface area contributed by atoms with Crippen molar-refractivity contribution in [3.63, 3.8) is 0 Å². The van der Waals surface area contributed by atoms with Gasteiger partial charge in [-0.25, -0.2) is 0 Å². The molecule has 2 aromatic heterocycles. The molecule has 6 heteroatoms. The lowest BCUT2D eigenvalue weighted by atomic mass is 10.0. The van der Waals surface area contributed by atoms with E-state index in [-0.39, 0.29) is 18.0 Å². The van der Waals surface area contributed by atoms with E-state index in [0.717, 1.165) is 28.0 Å². The van der Waals surface area contributed by atoms with Crippen LogP contribution in [0.3, 0.4) is 0 Å². The van der Waals surface area contributed by atoms with Crippen molar-refractivity contribution in [3.8, 4) is 0 Å². The molecule has 2 atom stereocenters. The normalized spacial score (nSPS) is 20.8. The zero-order valence-corrected chi connectivity index (χ0v) is 14.7. The summed E-state index contributed by atoms with van der Waals surface area (Å²) in [5.74, 6) is 1.03. The molecule has 0 radical (unpaired) electrons. The van der Waals surface area contributed by atoms with Crippen LogP contribution in [0.1, 0.15) is 29.5 Å². The van der Waals surface area contributed by atoms with Crippen LogP contribution in [0.4, 0.5) is 0 Å². The highest BCUT2D eigenvalue weighted by Gasteiger charge is 2.39. The summed E-state index contributed by atoms with van der Waals surface area (Å²) in [6.45, 7) is 2.63. The minimum absolute atomic E-state index is 0.00872. The lowest BCUT2D eigenvalue weighted by Gasteiger charge is -2.25. The Labute approximate surface area is 146 Å². The quantitative estimate of drug-likeness (QED) is 0.794. The standard InChI is InChI=1S/C19H22N4O2/c1-12-15(11-21-23(12)3)19-16(9-18(24)22(19)2)20-10-14-8-13-6-4-5-7-17(13)25-14/h4-8,11,16,19-20H,9-10H2,1-3H3/t16-,19+/m1/s1. The Hall–Kier alpha value is -2.60. The first-order chi connectivity index (χ1) is 12.0. The fourth-order valence-electron chi connectivity index (χ4n) is 3.64. The summed E-state index contributed by atoms with van der Waals surface area (Å²) < 4.78 is 7.72. The summed E-state index contributed by atoms with van der Waals surface area (Å²) in [5, 5.41) is 8.94. The number of carbonyl (C=O) groups excluding carboxylic acids is 1. The number of nitrogens with one attached hydrogen (secondary N) is 1. The van der Waals surface area contributed by atoms with E-state index < -0.39 is 0 Å². The van der Waals surface area contributed by atoms with E-state index in [1.54, 1.807) is 0 Å². The van der Waals surface area contributed by atoms with E-state index in [2.05, 4.69) is 10.4 Å². The lowest BCUT2D eigenvalue weighted by Crippen LogP contribution is -2.35. The van der Waals surface area contributed by atoms with Gasteiger partial charge in [-0.1, -0.05) is 18.2 Å². The number of nitrogens with zero attached hydrogens (tertiary/aromatic N) is 3. The van der Waals surface area contributed by atoms with E-state index in [9.17, 15) is 4.79 Å². The van der Waals surface area contributed by atoms with Crippen LogP contribution in [0.25, 0.3) is 11.0 Å². The molecule has 1 amide bonds. The summed E-state index contributed by atoms with van der Waals surface area (Å²) in [6, 6.07) is 10.0. The molecule has 6 nitrogen and oxygen atoms in total. The highest BCUT2D eigenvalue weighted by molar-refractivity contribution is 5.80. The van der Waals surface area contributed by atoms with Crippen LogP contribution < -0.4 is 5.32 Å². The van der Waals surface area contributed by atoms with Gasteiger partial charge >= 0.3 is 0 Å². The number of fused-ring (bicyclic) bond motifs is 1. The summed E-state index contributed by atoms with van der Waals surface area (Å²) in [6.07, 6.45) is 2.35. The Morgan fingerprint density at radius 1 is 1.32 bits per heavy atom. The predicted octanol–water partition coefficient (Wildman–Crippen LogP) is 2.54. The third-order valence-electron chi connectivity index (χ3n) is 5.19. The number of aromatic nitrogens is 2. The average molecular weight is 338 g/mol. The fourth-order valence-corrected chi connectivity index (χ4v) is 3.64. The number of likely N-dealkylation sites (tertiary alicyclic amines) is 1. The number of amides is 1. The SMILES string of the molecule is Cc1c([C@H]2[C@H](NCc3cc4ccccc4o3)CC(=O)N2C)cnn1C. The second-order valence-electron chi connectivity index (χ2n) is 6.70. The van der Waals surface area contributed by atoms with Crippen molar-refractivity contribution in [1.29, 1.82) is 0 Å². The molecule has 0 spiro atoms. The Kier molecular flexibility index (Phi) is 3.84. The maximum Gasteiger partial charge on any atom is 0.224 e. The van der Waals surface area contributed by atoms with Crippen LogP contribution >= 0.6 is 0 Å². The molecule has 1 aromatic carbocycles. The predicted molar refractivity (Wildman–Crippen MR) is 94.9 cm³/mol. The van der Waals surface area contributed by atoms with Crippen molar-refractivity contribution in [3.05, 3.63) is 53.5 Å². The summed E-state index contributed by atoms with van der Waals surface area (Å²) in [5.41, 5.74) is 3.07. The molecule has 1 fully saturated rings. The van der Waals surface area contributed by atoms with Crippen LogP contribution in [0.15, 0.2) is 40.9 Å². The molecule has 130 valence electrons. The Balaban J connectivity index is 1.55. The number of benzene rings is 1. The maximum absolute atomic E-state index is 12.3. The monoisotopic (exact) mass is 338 g/mol. The highest BCUT2D eigenvalue weighted by atomic mass is 16.3. The molecule has 1 aliphatic heterocycles. The van der Waals surface area contributed by atoms with E-state index in [1.807, 2.05) is 67.1 Å². The van der Waals surface area contributed by atoms with Gasteiger partial charge in [0, 0.05) is 43.2 Å². The van der Waals surface area contributed by atoms with Crippen molar-refractivity contribution in [2.45, 2.75) is 32.0 Å². The molecule has 0 unspecified atom stereocenters. The number of rotatable bonds is 4. The molecule has 3 heterocycles. The van der Waals surface area contributed by atoms with E-state index >= 15 is 0 Å². The van der Waals surface area contributed by atoms with Gasteiger partial charge in [-0.15, -0.1) is 0 Å².